The Labute approximate surface area is 118 Å². The van der Waals surface area contributed by atoms with E-state index in [0.29, 0.717) is 5.02 Å². The van der Waals surface area contributed by atoms with E-state index >= 15 is 0 Å². The summed E-state index contributed by atoms with van der Waals surface area (Å²) in [4.78, 5) is 0. The van der Waals surface area contributed by atoms with Crippen LogP contribution >= 0.6 is 11.6 Å². The van der Waals surface area contributed by atoms with Crippen LogP contribution in [-0.2, 0) is 6.54 Å². The molecule has 0 bridgehead atoms. The molecule has 0 fully saturated rings. The fourth-order valence-corrected chi connectivity index (χ4v) is 2.39. The third-order valence-corrected chi connectivity index (χ3v) is 3.34. The highest BCUT2D eigenvalue weighted by Crippen LogP contribution is 2.29. The average molecular weight is 282 g/mol. The zero-order valence-corrected chi connectivity index (χ0v) is 12.4. The second-order valence-electron chi connectivity index (χ2n) is 4.53. The Morgan fingerprint density at radius 1 is 1.42 bits per heavy atom. The number of nitrogens with one attached hydrogen (secondary N) is 1. The van der Waals surface area contributed by atoms with E-state index in [-0.39, 0.29) is 6.04 Å². The number of nitrogens with zero attached hydrogens (tertiary/aromatic N) is 2. The van der Waals surface area contributed by atoms with Gasteiger partial charge < -0.3 is 9.73 Å². The molecule has 2 aromatic rings. The molecule has 2 rings (SSSR count). The number of furan rings is 1. The molecule has 0 aromatic carbocycles. The van der Waals surface area contributed by atoms with Crippen molar-refractivity contribution in [1.29, 1.82) is 0 Å². The number of rotatable bonds is 6. The van der Waals surface area contributed by atoms with Crippen LogP contribution in [0.2, 0.25) is 5.02 Å². The number of hydrogen-bond acceptors (Lipinski definition) is 3. The minimum Gasteiger partial charge on any atom is -0.464 e. The maximum Gasteiger partial charge on any atom is 0.127 e. The fourth-order valence-electron chi connectivity index (χ4n) is 2.14. The maximum absolute atomic E-state index is 6.29. The molecule has 0 spiro atoms. The van der Waals surface area contributed by atoms with Crippen molar-refractivity contribution in [1.82, 2.24) is 15.1 Å². The molecule has 4 nitrogen and oxygen atoms in total. The van der Waals surface area contributed by atoms with Gasteiger partial charge in [-0.3, -0.25) is 4.68 Å². The molecule has 1 atom stereocenters. The van der Waals surface area contributed by atoms with Gasteiger partial charge >= 0.3 is 0 Å². The van der Waals surface area contributed by atoms with E-state index in [2.05, 4.69) is 24.3 Å². The van der Waals surface area contributed by atoms with Crippen molar-refractivity contribution in [3.8, 4) is 0 Å². The molecule has 2 heterocycles. The van der Waals surface area contributed by atoms with E-state index in [0.717, 1.165) is 36.7 Å². The first-order chi connectivity index (χ1) is 9.17. The van der Waals surface area contributed by atoms with Gasteiger partial charge in [-0.05, 0) is 38.9 Å². The van der Waals surface area contributed by atoms with Gasteiger partial charge in [0, 0.05) is 6.54 Å². The normalized spacial score (nSPS) is 12.8. The second-order valence-corrected chi connectivity index (χ2v) is 4.94. The molecule has 104 valence electrons. The van der Waals surface area contributed by atoms with Gasteiger partial charge in [-0.15, -0.1) is 0 Å². The van der Waals surface area contributed by atoms with Crippen molar-refractivity contribution in [2.24, 2.45) is 0 Å². The largest absolute Gasteiger partial charge is 0.464 e. The minimum absolute atomic E-state index is 0.0522. The maximum atomic E-state index is 6.29. The average Bonchev–Trinajstić information content (AvgIpc) is 2.98. The van der Waals surface area contributed by atoms with E-state index in [1.807, 2.05) is 23.7 Å². The van der Waals surface area contributed by atoms with Gasteiger partial charge in [0.25, 0.3) is 0 Å². The Morgan fingerprint density at radius 3 is 2.79 bits per heavy atom. The summed E-state index contributed by atoms with van der Waals surface area (Å²) in [5, 5.41) is 8.45. The van der Waals surface area contributed by atoms with Crippen LogP contribution < -0.4 is 5.32 Å². The predicted molar refractivity (Wildman–Crippen MR) is 76.5 cm³/mol. The lowest BCUT2D eigenvalue weighted by atomic mass is 10.1. The van der Waals surface area contributed by atoms with Gasteiger partial charge in [-0.1, -0.05) is 18.5 Å². The van der Waals surface area contributed by atoms with Gasteiger partial charge in [0.1, 0.15) is 17.6 Å². The van der Waals surface area contributed by atoms with Crippen LogP contribution in [0.3, 0.4) is 0 Å². The molecule has 0 aliphatic rings. The molecule has 0 aliphatic carbocycles. The van der Waals surface area contributed by atoms with Gasteiger partial charge in [0.05, 0.1) is 16.9 Å². The summed E-state index contributed by atoms with van der Waals surface area (Å²) in [6.45, 7) is 7.81. The first-order valence-electron chi connectivity index (χ1n) is 6.68. The van der Waals surface area contributed by atoms with E-state index in [4.69, 9.17) is 16.0 Å². The lowest BCUT2D eigenvalue weighted by Crippen LogP contribution is -2.25. The van der Waals surface area contributed by atoms with Crippen molar-refractivity contribution >= 4 is 11.6 Å². The summed E-state index contributed by atoms with van der Waals surface area (Å²) in [6.07, 6.45) is 2.74. The van der Waals surface area contributed by atoms with Gasteiger partial charge in [0.15, 0.2) is 0 Å². The minimum atomic E-state index is -0.0522. The molecular formula is C14H20ClN3O. The van der Waals surface area contributed by atoms with Crippen LogP contribution in [0.5, 0.6) is 0 Å². The topological polar surface area (TPSA) is 43.0 Å². The van der Waals surface area contributed by atoms with Crippen molar-refractivity contribution in [2.75, 3.05) is 6.54 Å². The van der Waals surface area contributed by atoms with Gasteiger partial charge in [0.2, 0.25) is 0 Å². The van der Waals surface area contributed by atoms with E-state index < -0.39 is 0 Å². The predicted octanol–water partition coefficient (Wildman–Crippen LogP) is 3.55. The summed E-state index contributed by atoms with van der Waals surface area (Å²) in [5.74, 6) is 1.78. The molecule has 19 heavy (non-hydrogen) atoms. The Balaban J connectivity index is 2.39. The van der Waals surface area contributed by atoms with Crippen LogP contribution in [-0.4, -0.2) is 16.3 Å². The van der Waals surface area contributed by atoms with Gasteiger partial charge in [-0.2, -0.15) is 5.10 Å². The first kappa shape index (κ1) is 14.2. The fraction of sp³-hybridized carbons (Fsp3) is 0.500. The van der Waals surface area contributed by atoms with Crippen molar-refractivity contribution < 1.29 is 4.42 Å². The lowest BCUT2D eigenvalue weighted by Gasteiger charge is -2.18. The molecule has 0 amide bonds. The quantitative estimate of drug-likeness (QED) is 0.880. The molecular weight excluding hydrogens is 262 g/mol. The smallest absolute Gasteiger partial charge is 0.127 e. The third-order valence-electron chi connectivity index (χ3n) is 3.05. The number of aromatic nitrogens is 2. The third kappa shape index (κ3) is 3.01. The standard InChI is InChI=1S/C14H20ClN3O/c1-4-8-16-13(12-7-6-10(3)19-12)14-11(15)9-17-18(14)5-2/h6-7,9,13,16H,4-5,8H2,1-3H3. The first-order valence-corrected chi connectivity index (χ1v) is 7.06. The number of aryl methyl sites for hydroxylation is 2. The van der Waals surface area contributed by atoms with Crippen molar-refractivity contribution in [3.05, 3.63) is 40.6 Å². The summed E-state index contributed by atoms with van der Waals surface area (Å²) < 4.78 is 7.67. The SMILES string of the molecule is CCCNC(c1ccc(C)o1)c1c(Cl)cnn1CC. The van der Waals surface area contributed by atoms with Crippen LogP contribution in [0, 0.1) is 6.92 Å². The van der Waals surface area contributed by atoms with E-state index in [1.54, 1.807) is 6.20 Å². The summed E-state index contributed by atoms with van der Waals surface area (Å²) in [7, 11) is 0. The molecule has 0 saturated heterocycles. The van der Waals surface area contributed by atoms with Crippen molar-refractivity contribution in [3.63, 3.8) is 0 Å². The molecule has 1 unspecified atom stereocenters. The zero-order chi connectivity index (χ0) is 13.8. The lowest BCUT2D eigenvalue weighted by molar-refractivity contribution is 0.414. The van der Waals surface area contributed by atoms with Crippen LogP contribution in [0.1, 0.15) is 43.5 Å². The highest BCUT2D eigenvalue weighted by atomic mass is 35.5. The molecule has 0 radical (unpaired) electrons. The highest BCUT2D eigenvalue weighted by Gasteiger charge is 2.23. The monoisotopic (exact) mass is 281 g/mol. The summed E-state index contributed by atoms with van der Waals surface area (Å²) in [5.41, 5.74) is 0.965. The van der Waals surface area contributed by atoms with Crippen LogP contribution in [0.25, 0.3) is 0 Å². The Morgan fingerprint density at radius 2 is 2.21 bits per heavy atom. The highest BCUT2D eigenvalue weighted by molar-refractivity contribution is 6.31. The van der Waals surface area contributed by atoms with Crippen LogP contribution in [0.4, 0.5) is 0 Å². The Bertz CT molecular complexity index is 533. The molecule has 0 saturated carbocycles. The molecule has 1 N–H and O–H groups in total. The van der Waals surface area contributed by atoms with Crippen LogP contribution in [0.15, 0.2) is 22.7 Å². The Hall–Kier alpha value is -1.26. The molecule has 0 aliphatic heterocycles. The number of halogens is 1. The zero-order valence-electron chi connectivity index (χ0n) is 11.6. The van der Waals surface area contributed by atoms with Gasteiger partial charge in [-0.25, -0.2) is 0 Å². The molecule has 2 aromatic heterocycles. The van der Waals surface area contributed by atoms with E-state index in [9.17, 15) is 0 Å². The Kier molecular flexibility index (Phi) is 4.66. The second kappa shape index (κ2) is 6.26. The number of hydrogen-bond donors (Lipinski definition) is 1. The molecule has 5 heteroatoms. The van der Waals surface area contributed by atoms with Crippen molar-refractivity contribution in [2.45, 2.75) is 39.8 Å². The van der Waals surface area contributed by atoms with E-state index in [1.165, 1.54) is 0 Å². The summed E-state index contributed by atoms with van der Waals surface area (Å²) >= 11 is 6.29. The summed E-state index contributed by atoms with van der Waals surface area (Å²) in [6, 6.07) is 3.91.